The van der Waals surface area contributed by atoms with Gasteiger partial charge in [-0.2, -0.15) is 15.1 Å². The molecule has 3 aromatic heterocycles. The van der Waals surface area contributed by atoms with Crippen LogP contribution in [-0.2, 0) is 16.4 Å². The molecule has 148 valence electrons. The molecule has 9 nitrogen and oxygen atoms in total. The Morgan fingerprint density at radius 1 is 1.21 bits per heavy atom. The predicted molar refractivity (Wildman–Crippen MR) is 113 cm³/mol. The van der Waals surface area contributed by atoms with E-state index in [0.29, 0.717) is 33.2 Å². The van der Waals surface area contributed by atoms with Crippen molar-refractivity contribution >= 4 is 49.8 Å². The van der Waals surface area contributed by atoms with Crippen molar-refractivity contribution in [3.63, 3.8) is 0 Å². The summed E-state index contributed by atoms with van der Waals surface area (Å²) in [7, 11) is -3.66. The van der Waals surface area contributed by atoms with E-state index >= 15 is 0 Å². The highest BCUT2D eigenvalue weighted by Gasteiger charge is 2.34. The summed E-state index contributed by atoms with van der Waals surface area (Å²) in [5.74, 6) is 0.641. The van der Waals surface area contributed by atoms with Gasteiger partial charge in [-0.1, -0.05) is 24.3 Å². The molecule has 1 aromatic carbocycles. The molecule has 1 unspecified atom stereocenters. The van der Waals surface area contributed by atoms with Crippen molar-refractivity contribution in [3.8, 4) is 0 Å². The number of rotatable bonds is 4. The first-order chi connectivity index (χ1) is 14.0. The summed E-state index contributed by atoms with van der Waals surface area (Å²) in [6, 6.07) is 10.7. The fourth-order valence-electron chi connectivity index (χ4n) is 3.55. The Balaban J connectivity index is 1.54. The number of nitrogens with one attached hydrogen (secondary N) is 2. The van der Waals surface area contributed by atoms with Gasteiger partial charge in [0.15, 0.2) is 5.65 Å². The van der Waals surface area contributed by atoms with E-state index in [2.05, 4.69) is 25.5 Å². The van der Waals surface area contributed by atoms with Gasteiger partial charge in [-0.15, -0.1) is 11.3 Å². The zero-order valence-electron chi connectivity index (χ0n) is 15.1. The molecule has 0 fully saturated rings. The molecule has 1 aliphatic rings. The number of fused-ring (bicyclic) bond motifs is 2. The molecule has 0 amide bonds. The van der Waals surface area contributed by atoms with E-state index in [9.17, 15) is 8.42 Å². The quantitative estimate of drug-likeness (QED) is 0.455. The van der Waals surface area contributed by atoms with Crippen LogP contribution in [0.2, 0.25) is 0 Å². The third-order valence-electron chi connectivity index (χ3n) is 4.82. The number of nitrogen functional groups attached to an aromatic ring is 1. The summed E-state index contributed by atoms with van der Waals surface area (Å²) in [6.07, 6.45) is 2.27. The number of sulfonamides is 1. The number of aromatic nitrogens is 4. The number of aromatic amines is 1. The smallest absolute Gasteiger partial charge is 0.273 e. The molecular formula is C18H17N7O2S2. The van der Waals surface area contributed by atoms with Gasteiger partial charge < -0.3 is 11.1 Å². The third kappa shape index (κ3) is 3.08. The second kappa shape index (κ2) is 6.71. The maximum Gasteiger partial charge on any atom is 0.273 e. The Morgan fingerprint density at radius 2 is 2.07 bits per heavy atom. The van der Waals surface area contributed by atoms with Crippen molar-refractivity contribution in [2.45, 2.75) is 16.7 Å². The fraction of sp³-hybridized carbons (Fsp3) is 0.167. The van der Waals surface area contributed by atoms with E-state index in [1.807, 2.05) is 24.3 Å². The van der Waals surface area contributed by atoms with Crippen molar-refractivity contribution in [3.05, 3.63) is 53.5 Å². The number of benzene rings is 1. The molecule has 0 saturated carbocycles. The summed E-state index contributed by atoms with van der Waals surface area (Å²) in [5, 5.41) is 12.6. The molecule has 4 aromatic rings. The first-order valence-electron chi connectivity index (χ1n) is 8.89. The summed E-state index contributed by atoms with van der Waals surface area (Å²) in [5.41, 5.74) is 7.99. The lowest BCUT2D eigenvalue weighted by Crippen LogP contribution is -2.45. The standard InChI is InChI=1S/C18H17N7O2S2/c19-18-22-16(13-9-20-24-17(13)23-18)21-12-8-11-4-1-2-5-14(11)25(10-12)29(26,27)15-6-3-7-28-15/h1-7,9,12H,8,10H2,(H4,19,20,21,22,23,24). The number of nitrogens with zero attached hydrogens (tertiary/aromatic N) is 4. The number of hydrogen-bond donors (Lipinski definition) is 3. The van der Waals surface area contributed by atoms with Crippen LogP contribution in [0.3, 0.4) is 0 Å². The van der Waals surface area contributed by atoms with Crippen LogP contribution in [-0.4, -0.2) is 41.2 Å². The van der Waals surface area contributed by atoms with Gasteiger partial charge in [0.25, 0.3) is 10.0 Å². The summed E-state index contributed by atoms with van der Waals surface area (Å²) in [4.78, 5) is 8.41. The van der Waals surface area contributed by atoms with Crippen LogP contribution in [0, 0.1) is 0 Å². The number of anilines is 3. The molecule has 1 aliphatic heterocycles. The Kier molecular flexibility index (Phi) is 4.14. The van der Waals surface area contributed by atoms with Gasteiger partial charge in [0.05, 0.1) is 29.9 Å². The SMILES string of the molecule is Nc1nc(NC2Cc3ccccc3N(S(=O)(=O)c3cccs3)C2)c2cn[nH]c2n1. The Labute approximate surface area is 170 Å². The zero-order chi connectivity index (χ0) is 20.0. The molecule has 4 heterocycles. The topological polar surface area (TPSA) is 130 Å². The molecule has 29 heavy (non-hydrogen) atoms. The highest BCUT2D eigenvalue weighted by Crippen LogP contribution is 2.34. The van der Waals surface area contributed by atoms with Crippen LogP contribution in [0.5, 0.6) is 0 Å². The molecule has 0 aliphatic carbocycles. The minimum absolute atomic E-state index is 0.114. The maximum absolute atomic E-state index is 13.3. The number of nitrogens with two attached hydrogens (primary N) is 1. The first kappa shape index (κ1) is 17.9. The van der Waals surface area contributed by atoms with Crippen LogP contribution in [0.25, 0.3) is 11.0 Å². The van der Waals surface area contributed by atoms with E-state index in [4.69, 9.17) is 5.73 Å². The summed E-state index contributed by atoms with van der Waals surface area (Å²) >= 11 is 1.21. The van der Waals surface area contributed by atoms with Crippen LogP contribution in [0.4, 0.5) is 17.5 Å². The van der Waals surface area contributed by atoms with Crippen molar-refractivity contribution in [2.24, 2.45) is 0 Å². The molecule has 0 bridgehead atoms. The molecule has 0 radical (unpaired) electrons. The van der Waals surface area contributed by atoms with Crippen LogP contribution >= 0.6 is 11.3 Å². The second-order valence-electron chi connectivity index (χ2n) is 6.71. The van der Waals surface area contributed by atoms with Crippen molar-refractivity contribution in [1.82, 2.24) is 20.2 Å². The number of thiophene rings is 1. The van der Waals surface area contributed by atoms with Crippen LogP contribution < -0.4 is 15.4 Å². The lowest BCUT2D eigenvalue weighted by molar-refractivity contribution is 0.583. The van der Waals surface area contributed by atoms with E-state index in [0.717, 1.165) is 5.56 Å². The largest absolute Gasteiger partial charge is 0.368 e. The monoisotopic (exact) mass is 427 g/mol. The Hall–Kier alpha value is -3.18. The van der Waals surface area contributed by atoms with Gasteiger partial charge in [-0.25, -0.2) is 8.42 Å². The van der Waals surface area contributed by atoms with E-state index in [1.54, 1.807) is 23.7 Å². The predicted octanol–water partition coefficient (Wildman–Crippen LogP) is 2.23. The van der Waals surface area contributed by atoms with Gasteiger partial charge in [-0.3, -0.25) is 9.40 Å². The van der Waals surface area contributed by atoms with Crippen molar-refractivity contribution < 1.29 is 8.42 Å². The third-order valence-corrected chi connectivity index (χ3v) is 7.97. The normalized spacial score (nSPS) is 16.7. The van der Waals surface area contributed by atoms with E-state index in [1.165, 1.54) is 15.6 Å². The fourth-order valence-corrected chi connectivity index (χ4v) is 6.21. The number of H-pyrrole nitrogens is 1. The molecule has 11 heteroatoms. The Morgan fingerprint density at radius 3 is 2.90 bits per heavy atom. The van der Waals surface area contributed by atoms with Gasteiger partial charge in [0, 0.05) is 0 Å². The van der Waals surface area contributed by atoms with Crippen LogP contribution in [0.15, 0.2) is 52.2 Å². The molecule has 0 spiro atoms. The lowest BCUT2D eigenvalue weighted by atomic mass is 9.99. The highest BCUT2D eigenvalue weighted by molar-refractivity contribution is 7.94. The van der Waals surface area contributed by atoms with E-state index < -0.39 is 10.0 Å². The van der Waals surface area contributed by atoms with Crippen LogP contribution in [0.1, 0.15) is 5.56 Å². The highest BCUT2D eigenvalue weighted by atomic mass is 32.2. The summed E-state index contributed by atoms with van der Waals surface area (Å²) in [6.45, 7) is 0.264. The zero-order valence-corrected chi connectivity index (χ0v) is 16.7. The van der Waals surface area contributed by atoms with Gasteiger partial charge in [-0.05, 0) is 29.5 Å². The van der Waals surface area contributed by atoms with Gasteiger partial charge in [0.1, 0.15) is 10.0 Å². The first-order valence-corrected chi connectivity index (χ1v) is 11.2. The molecule has 4 N–H and O–H groups in total. The number of para-hydroxylation sites is 1. The summed E-state index contributed by atoms with van der Waals surface area (Å²) < 4.78 is 28.3. The minimum Gasteiger partial charge on any atom is -0.368 e. The van der Waals surface area contributed by atoms with Gasteiger partial charge >= 0.3 is 0 Å². The minimum atomic E-state index is -3.66. The molecule has 0 saturated heterocycles. The second-order valence-corrected chi connectivity index (χ2v) is 9.74. The molecule has 5 rings (SSSR count). The molecular weight excluding hydrogens is 410 g/mol. The van der Waals surface area contributed by atoms with Crippen molar-refractivity contribution in [1.29, 1.82) is 0 Å². The Bertz CT molecular complexity index is 1280. The maximum atomic E-state index is 13.3. The molecule has 1 atom stereocenters. The van der Waals surface area contributed by atoms with Gasteiger partial charge in [0.2, 0.25) is 5.95 Å². The lowest BCUT2D eigenvalue weighted by Gasteiger charge is -2.35. The van der Waals surface area contributed by atoms with Crippen molar-refractivity contribution in [2.75, 3.05) is 21.9 Å². The number of hydrogen-bond acceptors (Lipinski definition) is 8. The average molecular weight is 428 g/mol. The average Bonchev–Trinajstić information content (AvgIpc) is 3.39. The van der Waals surface area contributed by atoms with E-state index in [-0.39, 0.29) is 18.5 Å².